The molecule has 1 N–H and O–H groups in total. The molecule has 0 unspecified atom stereocenters. The van der Waals surface area contributed by atoms with E-state index < -0.39 is 34.6 Å². The van der Waals surface area contributed by atoms with Gasteiger partial charge in [-0.15, -0.1) is 0 Å². The van der Waals surface area contributed by atoms with Crippen molar-refractivity contribution in [2.24, 2.45) is 0 Å². The SMILES string of the molecule is COC(=O)c1cc([N+](=O)[O-])c(=O)n(CC(=O)NCCCOC(C)C)c1. The number of nitrogens with zero attached hydrogens (tertiary/aromatic N) is 2. The van der Waals surface area contributed by atoms with Crippen molar-refractivity contribution in [1.82, 2.24) is 9.88 Å². The molecule has 0 saturated heterocycles. The first-order valence-electron chi connectivity index (χ1n) is 7.61. The van der Waals surface area contributed by atoms with Crippen molar-refractivity contribution in [3.63, 3.8) is 0 Å². The van der Waals surface area contributed by atoms with E-state index >= 15 is 0 Å². The van der Waals surface area contributed by atoms with Crippen LogP contribution in [0, 0.1) is 10.1 Å². The highest BCUT2D eigenvalue weighted by Crippen LogP contribution is 2.09. The average molecular weight is 355 g/mol. The van der Waals surface area contributed by atoms with Crippen LogP contribution < -0.4 is 10.9 Å². The van der Waals surface area contributed by atoms with Crippen LogP contribution in [0.4, 0.5) is 5.69 Å². The Morgan fingerprint density at radius 1 is 1.40 bits per heavy atom. The molecule has 0 aliphatic carbocycles. The molecule has 138 valence electrons. The van der Waals surface area contributed by atoms with Crippen molar-refractivity contribution in [2.75, 3.05) is 20.3 Å². The Balaban J connectivity index is 2.81. The monoisotopic (exact) mass is 355 g/mol. The molecule has 0 fully saturated rings. The zero-order valence-corrected chi connectivity index (χ0v) is 14.3. The van der Waals surface area contributed by atoms with E-state index in [0.29, 0.717) is 19.6 Å². The quantitative estimate of drug-likeness (QED) is 0.295. The fourth-order valence-electron chi connectivity index (χ4n) is 1.93. The number of rotatable bonds is 9. The summed E-state index contributed by atoms with van der Waals surface area (Å²) in [5, 5.41) is 13.5. The van der Waals surface area contributed by atoms with E-state index in [0.717, 1.165) is 23.9 Å². The van der Waals surface area contributed by atoms with Crippen LogP contribution in [0.25, 0.3) is 0 Å². The van der Waals surface area contributed by atoms with Crippen molar-refractivity contribution >= 4 is 17.6 Å². The number of pyridine rings is 1. The van der Waals surface area contributed by atoms with Crippen molar-refractivity contribution in [2.45, 2.75) is 32.9 Å². The van der Waals surface area contributed by atoms with E-state index in [9.17, 15) is 24.5 Å². The van der Waals surface area contributed by atoms with E-state index in [4.69, 9.17) is 4.74 Å². The summed E-state index contributed by atoms with van der Waals surface area (Å²) in [6, 6.07) is 0.825. The normalized spacial score (nSPS) is 10.6. The van der Waals surface area contributed by atoms with Gasteiger partial charge in [0.05, 0.1) is 23.7 Å². The molecule has 1 amide bonds. The number of aromatic nitrogens is 1. The molecule has 0 aromatic carbocycles. The summed E-state index contributed by atoms with van der Waals surface area (Å²) in [5.74, 6) is -1.36. The summed E-state index contributed by atoms with van der Waals surface area (Å²) in [5.41, 5.74) is -1.97. The lowest BCUT2D eigenvalue weighted by Gasteiger charge is -2.10. The maximum atomic E-state index is 12.0. The van der Waals surface area contributed by atoms with Gasteiger partial charge in [-0.2, -0.15) is 0 Å². The van der Waals surface area contributed by atoms with Crippen LogP contribution in [0.15, 0.2) is 17.1 Å². The summed E-state index contributed by atoms with van der Waals surface area (Å²) >= 11 is 0. The van der Waals surface area contributed by atoms with E-state index in [2.05, 4.69) is 10.1 Å². The predicted molar refractivity (Wildman–Crippen MR) is 87.4 cm³/mol. The Morgan fingerprint density at radius 3 is 2.64 bits per heavy atom. The van der Waals surface area contributed by atoms with Crippen LogP contribution in [0.3, 0.4) is 0 Å². The van der Waals surface area contributed by atoms with Gasteiger partial charge in [0.2, 0.25) is 5.91 Å². The third-order valence-corrected chi connectivity index (χ3v) is 3.09. The number of ether oxygens (including phenoxy) is 2. The van der Waals surface area contributed by atoms with E-state index in [1.165, 1.54) is 0 Å². The van der Waals surface area contributed by atoms with Gasteiger partial charge in [0.25, 0.3) is 0 Å². The number of hydrogen-bond donors (Lipinski definition) is 1. The molecule has 0 aliphatic rings. The average Bonchev–Trinajstić information content (AvgIpc) is 2.55. The number of carbonyl (C=O) groups is 2. The lowest BCUT2D eigenvalue weighted by atomic mass is 10.2. The van der Waals surface area contributed by atoms with Gasteiger partial charge in [-0.05, 0) is 20.3 Å². The summed E-state index contributed by atoms with van der Waals surface area (Å²) in [4.78, 5) is 45.5. The molecular weight excluding hydrogens is 334 g/mol. The number of amides is 1. The van der Waals surface area contributed by atoms with Gasteiger partial charge >= 0.3 is 17.2 Å². The molecule has 1 aromatic heterocycles. The van der Waals surface area contributed by atoms with Gasteiger partial charge in [0.1, 0.15) is 6.54 Å². The number of carbonyl (C=O) groups excluding carboxylic acids is 2. The predicted octanol–water partition coefficient (Wildman–Crippen LogP) is 0.474. The molecule has 1 aromatic rings. The molecular formula is C15H21N3O7. The lowest BCUT2D eigenvalue weighted by molar-refractivity contribution is -0.386. The second kappa shape index (κ2) is 9.52. The first-order chi connectivity index (χ1) is 11.8. The van der Waals surface area contributed by atoms with Gasteiger partial charge in [0, 0.05) is 25.4 Å². The highest BCUT2D eigenvalue weighted by Gasteiger charge is 2.21. The van der Waals surface area contributed by atoms with E-state index in [1.807, 2.05) is 13.8 Å². The minimum atomic E-state index is -0.976. The molecule has 0 atom stereocenters. The molecule has 1 heterocycles. The largest absolute Gasteiger partial charge is 0.465 e. The van der Waals surface area contributed by atoms with Gasteiger partial charge in [-0.3, -0.25) is 24.3 Å². The minimum Gasteiger partial charge on any atom is -0.465 e. The fourth-order valence-corrected chi connectivity index (χ4v) is 1.93. The van der Waals surface area contributed by atoms with Crippen LogP contribution in [-0.4, -0.2) is 47.7 Å². The molecule has 0 bridgehead atoms. The first kappa shape index (κ1) is 20.3. The minimum absolute atomic E-state index is 0.0934. The van der Waals surface area contributed by atoms with Crippen LogP contribution >= 0.6 is 0 Å². The van der Waals surface area contributed by atoms with Crippen LogP contribution in [0.1, 0.15) is 30.6 Å². The Hall–Kier alpha value is -2.75. The van der Waals surface area contributed by atoms with Crippen LogP contribution in [0.2, 0.25) is 0 Å². The zero-order chi connectivity index (χ0) is 19.0. The lowest BCUT2D eigenvalue weighted by Crippen LogP contribution is -2.34. The number of nitrogens with one attached hydrogen (secondary N) is 1. The Labute approximate surface area is 143 Å². The van der Waals surface area contributed by atoms with Crippen molar-refractivity contribution in [3.05, 3.63) is 38.3 Å². The fraction of sp³-hybridized carbons (Fsp3) is 0.533. The first-order valence-corrected chi connectivity index (χ1v) is 7.61. The Bertz CT molecular complexity index is 697. The van der Waals surface area contributed by atoms with Crippen molar-refractivity contribution in [1.29, 1.82) is 0 Å². The van der Waals surface area contributed by atoms with Crippen molar-refractivity contribution < 1.29 is 24.0 Å². The zero-order valence-electron chi connectivity index (χ0n) is 14.3. The third-order valence-electron chi connectivity index (χ3n) is 3.09. The second-order valence-electron chi connectivity index (χ2n) is 5.42. The highest BCUT2D eigenvalue weighted by atomic mass is 16.6. The molecule has 1 rings (SSSR count). The number of hydrogen-bond acceptors (Lipinski definition) is 7. The van der Waals surface area contributed by atoms with E-state index in [1.54, 1.807) is 0 Å². The third kappa shape index (κ3) is 6.34. The summed E-state index contributed by atoms with van der Waals surface area (Å²) in [6.45, 7) is 4.15. The molecule has 10 nitrogen and oxygen atoms in total. The van der Waals surface area contributed by atoms with Crippen molar-refractivity contribution in [3.8, 4) is 0 Å². The summed E-state index contributed by atoms with van der Waals surface area (Å²) < 4.78 is 10.6. The molecule has 0 aliphatic heterocycles. The maximum absolute atomic E-state index is 12.0. The van der Waals surface area contributed by atoms with Gasteiger partial charge in [-0.1, -0.05) is 0 Å². The molecule has 0 spiro atoms. The second-order valence-corrected chi connectivity index (χ2v) is 5.42. The van der Waals surface area contributed by atoms with Gasteiger partial charge in [-0.25, -0.2) is 4.79 Å². The van der Waals surface area contributed by atoms with Gasteiger partial charge < -0.3 is 14.8 Å². The number of esters is 1. The maximum Gasteiger partial charge on any atom is 0.339 e. The molecule has 0 radical (unpaired) electrons. The standard InChI is InChI=1S/C15H21N3O7/c1-10(2)25-6-4-5-16-13(19)9-17-8-11(15(21)24-3)7-12(14(17)20)18(22)23/h7-8,10H,4-6,9H2,1-3H3,(H,16,19). The molecule has 0 saturated carbocycles. The van der Waals surface area contributed by atoms with E-state index in [-0.39, 0.29) is 11.7 Å². The summed E-state index contributed by atoms with van der Waals surface area (Å²) in [6.07, 6.45) is 1.74. The Morgan fingerprint density at radius 2 is 2.08 bits per heavy atom. The topological polar surface area (TPSA) is 130 Å². The summed E-state index contributed by atoms with van der Waals surface area (Å²) in [7, 11) is 1.11. The van der Waals surface area contributed by atoms with Crippen LogP contribution in [-0.2, 0) is 20.8 Å². The van der Waals surface area contributed by atoms with Crippen LogP contribution in [0.5, 0.6) is 0 Å². The number of methoxy groups -OCH3 is 1. The highest BCUT2D eigenvalue weighted by molar-refractivity contribution is 5.89. The molecule has 10 heteroatoms. The smallest absolute Gasteiger partial charge is 0.339 e. The van der Waals surface area contributed by atoms with Gasteiger partial charge in [0.15, 0.2) is 0 Å². The molecule has 25 heavy (non-hydrogen) atoms. The Kier molecular flexibility index (Phi) is 7.73. The number of nitro groups is 1.